The van der Waals surface area contributed by atoms with Crippen molar-refractivity contribution in [2.24, 2.45) is 56.0 Å². The minimum absolute atomic E-state index is 0.0116. The van der Waals surface area contributed by atoms with E-state index in [1.165, 1.54) is 19.1 Å². The number of ether oxygens (including phenoxy) is 1. The predicted octanol–water partition coefficient (Wildman–Crippen LogP) is 6.47. The van der Waals surface area contributed by atoms with Gasteiger partial charge in [-0.05, 0) is 110 Å². The number of esters is 1. The van der Waals surface area contributed by atoms with Crippen LogP contribution in [0.3, 0.4) is 0 Å². The zero-order valence-electron chi connectivity index (χ0n) is 23.6. The summed E-state index contributed by atoms with van der Waals surface area (Å²) in [6.07, 6.45) is 11.4. The highest BCUT2D eigenvalue weighted by atomic mass is 16.5. The Balaban J connectivity index is 1.61. The second kappa shape index (κ2) is 7.45. The number of allylic oxidation sites excluding steroid dienone is 2. The van der Waals surface area contributed by atoms with Crippen molar-refractivity contribution < 1.29 is 14.3 Å². The molecule has 0 heterocycles. The van der Waals surface area contributed by atoms with Crippen molar-refractivity contribution in [3.8, 4) is 0 Å². The molecule has 5 aliphatic carbocycles. The van der Waals surface area contributed by atoms with E-state index in [9.17, 15) is 9.59 Å². The highest BCUT2D eigenvalue weighted by Gasteiger charge is 2.70. The number of carbonyl (C=O) groups excluding carboxylic acids is 2. The number of fused-ring (bicyclic) bond motifs is 7. The lowest BCUT2D eigenvalue weighted by Gasteiger charge is -2.70. The van der Waals surface area contributed by atoms with Gasteiger partial charge in [-0.25, -0.2) is 0 Å². The molecule has 5 rings (SSSR count). The number of carbonyl (C=O) groups is 2. The minimum atomic E-state index is -0.466. The minimum Gasteiger partial charge on any atom is -0.469 e. The zero-order chi connectivity index (χ0) is 25.8. The van der Waals surface area contributed by atoms with Gasteiger partial charge in [-0.1, -0.05) is 47.1 Å². The highest BCUT2D eigenvalue weighted by Crippen LogP contribution is 2.75. The molecule has 0 unspecified atom stereocenters. The number of hydrogen-bond acceptors (Lipinski definition) is 4. The second-order valence-electron chi connectivity index (χ2n) is 15.2. The Morgan fingerprint density at radius 2 is 1.60 bits per heavy atom. The Bertz CT molecular complexity index is 984. The van der Waals surface area contributed by atoms with E-state index < -0.39 is 5.41 Å². The van der Waals surface area contributed by atoms with Gasteiger partial charge in [-0.2, -0.15) is 0 Å². The average Bonchev–Trinajstić information content (AvgIpc) is 2.78. The molecule has 0 aromatic heterocycles. The Morgan fingerprint density at radius 3 is 2.26 bits per heavy atom. The molecule has 0 bridgehead atoms. The predicted molar refractivity (Wildman–Crippen MR) is 139 cm³/mol. The normalized spacial score (nSPS) is 52.8. The quantitative estimate of drug-likeness (QED) is 0.434. The van der Waals surface area contributed by atoms with Crippen molar-refractivity contribution in [2.75, 3.05) is 7.11 Å². The van der Waals surface area contributed by atoms with Crippen LogP contribution in [0.5, 0.6) is 0 Å². The molecule has 0 aromatic carbocycles. The van der Waals surface area contributed by atoms with Crippen LogP contribution in [-0.2, 0) is 14.3 Å². The van der Waals surface area contributed by atoms with Crippen LogP contribution in [-0.4, -0.2) is 24.9 Å². The van der Waals surface area contributed by atoms with Gasteiger partial charge in [-0.3, -0.25) is 9.59 Å². The molecule has 5 aliphatic rings. The molecular formula is C31H49NO3. The molecule has 2 N–H and O–H groups in total. The molecular weight excluding hydrogens is 434 g/mol. The molecule has 196 valence electrons. The Kier molecular flexibility index (Phi) is 5.43. The number of methoxy groups -OCH3 is 1. The summed E-state index contributed by atoms with van der Waals surface area (Å²) in [4.78, 5) is 27.1. The first-order valence-corrected chi connectivity index (χ1v) is 14.2. The molecule has 4 fully saturated rings. The van der Waals surface area contributed by atoms with Gasteiger partial charge in [0.25, 0.3) is 0 Å². The van der Waals surface area contributed by atoms with Crippen LogP contribution in [0.1, 0.15) is 106 Å². The summed E-state index contributed by atoms with van der Waals surface area (Å²) >= 11 is 0. The van der Waals surface area contributed by atoms with E-state index in [2.05, 4.69) is 54.5 Å². The summed E-state index contributed by atoms with van der Waals surface area (Å²) in [5, 5.41) is 0. The maximum Gasteiger partial charge on any atom is 0.311 e. The van der Waals surface area contributed by atoms with Crippen LogP contribution in [0, 0.1) is 50.2 Å². The number of hydrogen-bond donors (Lipinski definition) is 1. The maximum absolute atomic E-state index is 14.3. The second-order valence-corrected chi connectivity index (χ2v) is 15.2. The molecule has 35 heavy (non-hydrogen) atoms. The third-order valence-electron chi connectivity index (χ3n) is 13.4. The summed E-state index contributed by atoms with van der Waals surface area (Å²) in [7, 11) is 1.51. The van der Waals surface area contributed by atoms with Crippen LogP contribution in [0.25, 0.3) is 0 Å². The van der Waals surface area contributed by atoms with E-state index in [1.807, 2.05) is 0 Å². The molecule has 9 atom stereocenters. The van der Waals surface area contributed by atoms with Gasteiger partial charge in [-0.15, -0.1) is 0 Å². The number of rotatable bonds is 1. The lowest BCUT2D eigenvalue weighted by Crippen LogP contribution is -2.67. The van der Waals surface area contributed by atoms with Crippen molar-refractivity contribution in [1.29, 1.82) is 0 Å². The number of nitrogens with two attached hydrogens (primary N) is 1. The van der Waals surface area contributed by atoms with Crippen molar-refractivity contribution in [3.05, 3.63) is 11.6 Å². The maximum atomic E-state index is 14.3. The van der Waals surface area contributed by atoms with Gasteiger partial charge >= 0.3 is 5.97 Å². The SMILES string of the molecule is COC(=O)[C@@]1(C)CC[C@]2(C)CC[C@]3(C)C(=CC(=O)[C@H]4[C@@]5(C)CC[C@H](N)C(C)(C)[C@H]5CC[C@@]43C)[C@H]2C1. The van der Waals surface area contributed by atoms with E-state index in [-0.39, 0.29) is 50.9 Å². The van der Waals surface area contributed by atoms with Gasteiger partial charge in [0.15, 0.2) is 5.78 Å². The van der Waals surface area contributed by atoms with Gasteiger partial charge in [0.2, 0.25) is 0 Å². The summed E-state index contributed by atoms with van der Waals surface area (Å²) in [6, 6.07) is 0.207. The van der Waals surface area contributed by atoms with E-state index in [4.69, 9.17) is 10.5 Å². The van der Waals surface area contributed by atoms with Crippen molar-refractivity contribution in [1.82, 2.24) is 0 Å². The third-order valence-corrected chi connectivity index (χ3v) is 13.4. The fraction of sp³-hybridized carbons (Fsp3) is 0.871. The Morgan fingerprint density at radius 1 is 0.943 bits per heavy atom. The van der Waals surface area contributed by atoms with Crippen LogP contribution < -0.4 is 5.73 Å². The van der Waals surface area contributed by atoms with Crippen molar-refractivity contribution in [2.45, 2.75) is 112 Å². The van der Waals surface area contributed by atoms with Crippen molar-refractivity contribution in [3.63, 3.8) is 0 Å². The average molecular weight is 484 g/mol. The molecule has 4 heteroatoms. The first-order valence-electron chi connectivity index (χ1n) is 14.2. The monoisotopic (exact) mass is 483 g/mol. The van der Waals surface area contributed by atoms with E-state index in [0.29, 0.717) is 11.7 Å². The molecule has 0 spiro atoms. The largest absolute Gasteiger partial charge is 0.469 e. The topological polar surface area (TPSA) is 69.4 Å². The Hall–Kier alpha value is -1.16. The van der Waals surface area contributed by atoms with Crippen LogP contribution in [0.4, 0.5) is 0 Å². The summed E-state index contributed by atoms with van der Waals surface area (Å²) in [6.45, 7) is 16.6. The van der Waals surface area contributed by atoms with Gasteiger partial charge in [0.1, 0.15) is 0 Å². The lowest BCUT2D eigenvalue weighted by atomic mass is 9.33. The molecule has 0 radical (unpaired) electrons. The summed E-state index contributed by atoms with van der Waals surface area (Å²) < 4.78 is 5.26. The lowest BCUT2D eigenvalue weighted by molar-refractivity contribution is -0.188. The van der Waals surface area contributed by atoms with Crippen LogP contribution in [0.2, 0.25) is 0 Å². The molecule has 0 amide bonds. The van der Waals surface area contributed by atoms with Crippen molar-refractivity contribution >= 4 is 11.8 Å². The molecule has 4 nitrogen and oxygen atoms in total. The van der Waals surface area contributed by atoms with E-state index in [0.717, 1.165) is 51.4 Å². The van der Waals surface area contributed by atoms with Gasteiger partial charge in [0, 0.05) is 12.0 Å². The van der Waals surface area contributed by atoms with E-state index >= 15 is 0 Å². The zero-order valence-corrected chi connectivity index (χ0v) is 23.6. The fourth-order valence-corrected chi connectivity index (χ4v) is 10.6. The smallest absolute Gasteiger partial charge is 0.311 e. The number of ketones is 1. The summed E-state index contributed by atoms with van der Waals surface area (Å²) in [5.74, 6) is 1.06. The van der Waals surface area contributed by atoms with E-state index in [1.54, 1.807) is 0 Å². The van der Waals surface area contributed by atoms with Crippen LogP contribution in [0.15, 0.2) is 11.6 Å². The van der Waals surface area contributed by atoms with Gasteiger partial charge in [0.05, 0.1) is 12.5 Å². The third kappa shape index (κ3) is 3.07. The first kappa shape index (κ1) is 25.5. The fourth-order valence-electron chi connectivity index (χ4n) is 10.6. The Labute approximate surface area is 213 Å². The molecule has 0 aliphatic heterocycles. The first-order chi connectivity index (χ1) is 16.1. The van der Waals surface area contributed by atoms with Crippen LogP contribution >= 0.6 is 0 Å². The molecule has 4 saturated carbocycles. The van der Waals surface area contributed by atoms with Gasteiger partial charge < -0.3 is 10.5 Å². The molecule has 0 saturated heterocycles. The summed E-state index contributed by atoms with van der Waals surface area (Å²) in [5.41, 5.74) is 7.68. The standard InChI is InChI=1S/C31H49NO3/c1-26(2)22-9-12-31(7)24(29(22,5)11-10-23(26)32)21(33)17-19-20-18-28(4,25(34)35-8)14-13-27(20,3)15-16-30(19,31)6/h17,20,22-24H,9-16,18,32H2,1-8H3/t20-,22-,23+,24+,27-,28+,29+,30-,31+/m1/s1. The highest BCUT2D eigenvalue weighted by molar-refractivity contribution is 5.95. The molecule has 0 aromatic rings.